The quantitative estimate of drug-likeness (QED) is 0.651. The van der Waals surface area contributed by atoms with E-state index in [1.807, 2.05) is 37.3 Å². The van der Waals surface area contributed by atoms with E-state index in [4.69, 9.17) is 14.2 Å². The predicted octanol–water partition coefficient (Wildman–Crippen LogP) is 4.63. The number of methoxy groups -OCH3 is 2. The van der Waals surface area contributed by atoms with Crippen molar-refractivity contribution in [2.75, 3.05) is 20.8 Å². The van der Waals surface area contributed by atoms with Crippen LogP contribution in [0.1, 0.15) is 49.7 Å². The lowest BCUT2D eigenvalue weighted by molar-refractivity contribution is -0.138. The molecule has 2 atom stereocenters. The highest BCUT2D eigenvalue weighted by molar-refractivity contribution is 6.04. The van der Waals surface area contributed by atoms with Gasteiger partial charge in [-0.3, -0.25) is 4.79 Å². The third-order valence-electron chi connectivity index (χ3n) is 6.35. The van der Waals surface area contributed by atoms with Gasteiger partial charge in [0.2, 0.25) is 0 Å². The van der Waals surface area contributed by atoms with E-state index in [1.165, 1.54) is 0 Å². The molecule has 4 rings (SSSR count). The fraction of sp³-hybridized carbons (Fsp3) is 0.333. The number of hydrogen-bond donors (Lipinski definition) is 1. The summed E-state index contributed by atoms with van der Waals surface area (Å²) in [4.78, 5) is 26.7. The lowest BCUT2D eigenvalue weighted by atomic mass is 9.71. The van der Waals surface area contributed by atoms with Crippen LogP contribution in [0.5, 0.6) is 11.5 Å². The Kier molecular flexibility index (Phi) is 6.54. The van der Waals surface area contributed by atoms with Gasteiger partial charge in [0, 0.05) is 35.0 Å². The molecule has 6 nitrogen and oxygen atoms in total. The van der Waals surface area contributed by atoms with Crippen molar-refractivity contribution in [3.05, 3.63) is 82.2 Å². The Balaban J connectivity index is 1.85. The average Bonchev–Trinajstić information content (AvgIpc) is 2.83. The van der Waals surface area contributed by atoms with Crippen molar-refractivity contribution in [1.82, 2.24) is 5.32 Å². The zero-order valence-electron chi connectivity index (χ0n) is 19.4. The molecule has 1 heterocycles. The number of nitrogens with one attached hydrogen (secondary N) is 1. The summed E-state index contributed by atoms with van der Waals surface area (Å²) in [6, 6.07) is 15.5. The van der Waals surface area contributed by atoms with Gasteiger partial charge in [0.15, 0.2) is 5.78 Å². The maximum Gasteiger partial charge on any atom is 0.336 e. The molecule has 2 aromatic carbocycles. The number of allylic oxidation sites excluding steroid dienone is 3. The van der Waals surface area contributed by atoms with Crippen LogP contribution in [-0.4, -0.2) is 32.6 Å². The van der Waals surface area contributed by atoms with Crippen LogP contribution < -0.4 is 14.8 Å². The van der Waals surface area contributed by atoms with Crippen LogP contribution in [0, 0.1) is 0 Å². The monoisotopic (exact) mass is 447 g/mol. The van der Waals surface area contributed by atoms with E-state index in [-0.39, 0.29) is 18.3 Å². The van der Waals surface area contributed by atoms with Crippen LogP contribution >= 0.6 is 0 Å². The van der Waals surface area contributed by atoms with Crippen molar-refractivity contribution >= 4 is 11.8 Å². The van der Waals surface area contributed by atoms with E-state index >= 15 is 0 Å². The zero-order valence-corrected chi connectivity index (χ0v) is 19.4. The molecule has 33 heavy (non-hydrogen) atoms. The van der Waals surface area contributed by atoms with Crippen LogP contribution in [0.25, 0.3) is 0 Å². The minimum absolute atomic E-state index is 0.0229. The molecule has 172 valence electrons. The van der Waals surface area contributed by atoms with Gasteiger partial charge in [-0.1, -0.05) is 36.4 Å². The first kappa shape index (κ1) is 22.6. The number of hydrogen-bond acceptors (Lipinski definition) is 6. The first-order valence-electron chi connectivity index (χ1n) is 11.2. The molecule has 0 aromatic heterocycles. The number of esters is 1. The zero-order chi connectivity index (χ0) is 23.5. The summed E-state index contributed by atoms with van der Waals surface area (Å²) in [6.45, 7) is 3.88. The maximum absolute atomic E-state index is 13.6. The van der Waals surface area contributed by atoms with Crippen LogP contribution in [0.15, 0.2) is 71.1 Å². The minimum atomic E-state index is -0.578. The molecule has 1 aliphatic heterocycles. The van der Waals surface area contributed by atoms with Crippen LogP contribution in [0.3, 0.4) is 0 Å². The summed E-state index contributed by atoms with van der Waals surface area (Å²) < 4.78 is 16.4. The van der Waals surface area contributed by atoms with Crippen LogP contribution in [-0.2, 0) is 14.3 Å². The molecule has 0 bridgehead atoms. The van der Waals surface area contributed by atoms with Crippen molar-refractivity contribution < 1.29 is 23.8 Å². The number of benzene rings is 2. The average molecular weight is 448 g/mol. The number of dihydropyridines is 1. The maximum atomic E-state index is 13.6. The molecule has 0 amide bonds. The largest absolute Gasteiger partial charge is 0.497 e. The molecule has 0 spiro atoms. The van der Waals surface area contributed by atoms with E-state index < -0.39 is 11.9 Å². The highest BCUT2D eigenvalue weighted by Gasteiger charge is 2.42. The summed E-state index contributed by atoms with van der Waals surface area (Å²) in [5, 5.41) is 3.37. The van der Waals surface area contributed by atoms with Crippen molar-refractivity contribution in [3.8, 4) is 11.5 Å². The Bertz CT molecular complexity index is 1130. The smallest absolute Gasteiger partial charge is 0.336 e. The Morgan fingerprint density at radius 1 is 1.06 bits per heavy atom. The third-order valence-corrected chi connectivity index (χ3v) is 6.35. The Morgan fingerprint density at radius 2 is 1.82 bits per heavy atom. The number of carbonyl (C=O) groups is 2. The number of rotatable bonds is 6. The Morgan fingerprint density at radius 3 is 2.48 bits per heavy atom. The van der Waals surface area contributed by atoms with Gasteiger partial charge >= 0.3 is 5.97 Å². The fourth-order valence-corrected chi connectivity index (χ4v) is 4.85. The predicted molar refractivity (Wildman–Crippen MR) is 125 cm³/mol. The standard InChI is InChI=1S/C27H29NO5/c1-5-33-27(30)24-16(2)28-21-13-18(17-9-7-6-8-10-17)14-22(29)26(21)25(24)20-12-11-19(31-3)15-23(20)32-4/h6-12,15,18,25,28H,5,13-14H2,1-4H3/t18-,25+/m0/s1. The van der Waals surface area contributed by atoms with E-state index in [0.717, 1.165) is 16.8 Å². The van der Waals surface area contributed by atoms with Crippen molar-refractivity contribution in [2.45, 2.75) is 38.5 Å². The number of carbonyl (C=O) groups excluding carboxylic acids is 2. The van der Waals surface area contributed by atoms with Gasteiger partial charge in [-0.25, -0.2) is 4.79 Å². The van der Waals surface area contributed by atoms with Gasteiger partial charge in [-0.2, -0.15) is 0 Å². The number of Topliss-reactive ketones (excluding diaryl/α,β-unsaturated/α-hetero) is 1. The molecule has 6 heteroatoms. The normalized spacial score (nSPS) is 20.2. The molecule has 0 fully saturated rings. The molecule has 0 saturated heterocycles. The van der Waals surface area contributed by atoms with Crippen LogP contribution in [0.2, 0.25) is 0 Å². The first-order chi connectivity index (χ1) is 16.0. The Labute approximate surface area is 194 Å². The minimum Gasteiger partial charge on any atom is -0.497 e. The summed E-state index contributed by atoms with van der Waals surface area (Å²) in [7, 11) is 3.16. The van der Waals surface area contributed by atoms with E-state index in [9.17, 15) is 9.59 Å². The second-order valence-corrected chi connectivity index (χ2v) is 8.26. The van der Waals surface area contributed by atoms with Gasteiger partial charge in [0.25, 0.3) is 0 Å². The van der Waals surface area contributed by atoms with Gasteiger partial charge in [0.05, 0.1) is 32.3 Å². The molecular formula is C27H29NO5. The molecule has 0 unspecified atom stereocenters. The fourth-order valence-electron chi connectivity index (χ4n) is 4.85. The van der Waals surface area contributed by atoms with E-state index in [0.29, 0.717) is 41.2 Å². The molecule has 2 aromatic rings. The van der Waals surface area contributed by atoms with Crippen LogP contribution in [0.4, 0.5) is 0 Å². The van der Waals surface area contributed by atoms with Crippen molar-refractivity contribution in [1.29, 1.82) is 0 Å². The van der Waals surface area contributed by atoms with E-state index in [2.05, 4.69) is 17.4 Å². The first-order valence-corrected chi connectivity index (χ1v) is 11.2. The topological polar surface area (TPSA) is 73.9 Å². The van der Waals surface area contributed by atoms with Gasteiger partial charge in [-0.05, 0) is 37.8 Å². The summed E-state index contributed by atoms with van der Waals surface area (Å²) in [5.74, 6) is 0.285. The molecule has 0 saturated carbocycles. The SMILES string of the molecule is CCOC(=O)C1=C(C)NC2=C(C(=O)C[C@@H](c3ccccc3)C2)[C@@H]1c1ccc(OC)cc1OC. The summed E-state index contributed by atoms with van der Waals surface area (Å²) in [6.07, 6.45) is 1.07. The highest BCUT2D eigenvalue weighted by atomic mass is 16.5. The third kappa shape index (κ3) is 4.25. The molecule has 0 radical (unpaired) electrons. The molecule has 1 N–H and O–H groups in total. The van der Waals surface area contributed by atoms with Gasteiger partial charge in [-0.15, -0.1) is 0 Å². The molecular weight excluding hydrogens is 418 g/mol. The van der Waals surface area contributed by atoms with Gasteiger partial charge < -0.3 is 19.5 Å². The number of ether oxygens (including phenoxy) is 3. The highest BCUT2D eigenvalue weighted by Crippen LogP contribution is 2.48. The van der Waals surface area contributed by atoms with Crippen molar-refractivity contribution in [3.63, 3.8) is 0 Å². The second-order valence-electron chi connectivity index (χ2n) is 8.26. The lowest BCUT2D eigenvalue weighted by Crippen LogP contribution is -2.36. The summed E-state index contributed by atoms with van der Waals surface area (Å²) >= 11 is 0. The summed E-state index contributed by atoms with van der Waals surface area (Å²) in [5.41, 5.74) is 4.46. The van der Waals surface area contributed by atoms with Gasteiger partial charge in [0.1, 0.15) is 11.5 Å². The molecule has 1 aliphatic carbocycles. The van der Waals surface area contributed by atoms with Crippen molar-refractivity contribution in [2.24, 2.45) is 0 Å². The lowest BCUT2D eigenvalue weighted by Gasteiger charge is -2.37. The second kappa shape index (κ2) is 9.53. The van der Waals surface area contributed by atoms with E-state index in [1.54, 1.807) is 27.2 Å². The Hall–Kier alpha value is -3.54. The molecule has 2 aliphatic rings. The number of ketones is 1.